The molecule has 13 heteroatoms. The van der Waals surface area contributed by atoms with Crippen LogP contribution in [0.4, 0.5) is 47.8 Å². The molecule has 0 saturated carbocycles. The van der Waals surface area contributed by atoms with Gasteiger partial charge in [0.15, 0.2) is 23.3 Å². The first-order valence-electron chi connectivity index (χ1n) is 9.67. The van der Waals surface area contributed by atoms with E-state index in [1.807, 2.05) is 4.90 Å². The van der Waals surface area contributed by atoms with Crippen molar-refractivity contribution in [1.29, 1.82) is 0 Å². The smallest absolute Gasteiger partial charge is 0.366 e. The SMILES string of the molecule is CC1CCN(c2ccc(/C=N\Nc3c(F)c(F)c(C(F)(F)F)c(F)c3F)cc2[N+](=O)[O-])CC1. The van der Waals surface area contributed by atoms with Crippen molar-refractivity contribution in [1.82, 2.24) is 0 Å². The molecule has 1 aliphatic heterocycles. The van der Waals surface area contributed by atoms with Crippen LogP contribution in [0.2, 0.25) is 0 Å². The van der Waals surface area contributed by atoms with Crippen LogP contribution in [-0.4, -0.2) is 24.2 Å². The highest BCUT2D eigenvalue weighted by molar-refractivity contribution is 5.83. The van der Waals surface area contributed by atoms with Crippen molar-refractivity contribution in [3.05, 3.63) is 62.7 Å². The third-order valence-electron chi connectivity index (χ3n) is 5.26. The molecule has 2 aromatic rings. The number of hydrazone groups is 1. The van der Waals surface area contributed by atoms with E-state index < -0.39 is 45.6 Å². The second kappa shape index (κ2) is 9.24. The van der Waals surface area contributed by atoms with Gasteiger partial charge in [0.2, 0.25) is 0 Å². The largest absolute Gasteiger partial charge is 0.422 e. The highest BCUT2D eigenvalue weighted by Gasteiger charge is 2.42. The molecule has 2 aromatic carbocycles. The Labute approximate surface area is 182 Å². The molecule has 0 bridgehead atoms. The molecule has 1 heterocycles. The lowest BCUT2D eigenvalue weighted by molar-refractivity contribution is -0.384. The number of hydrogen-bond donors (Lipinski definition) is 1. The summed E-state index contributed by atoms with van der Waals surface area (Å²) in [7, 11) is 0. The highest BCUT2D eigenvalue weighted by atomic mass is 19.4. The maximum atomic E-state index is 13.9. The predicted octanol–water partition coefficient (Wildman–Crippen LogP) is 5.85. The van der Waals surface area contributed by atoms with Gasteiger partial charge in [-0.2, -0.15) is 18.3 Å². The van der Waals surface area contributed by atoms with E-state index in [2.05, 4.69) is 12.0 Å². The number of nitro groups is 1. The number of hydrogen-bond acceptors (Lipinski definition) is 5. The minimum atomic E-state index is -5.66. The summed E-state index contributed by atoms with van der Waals surface area (Å²) >= 11 is 0. The van der Waals surface area contributed by atoms with Gasteiger partial charge in [-0.25, -0.2) is 17.6 Å². The summed E-state index contributed by atoms with van der Waals surface area (Å²) in [5, 5.41) is 14.9. The zero-order valence-electron chi connectivity index (χ0n) is 17.0. The predicted molar refractivity (Wildman–Crippen MR) is 106 cm³/mol. The quantitative estimate of drug-likeness (QED) is 0.192. The fourth-order valence-electron chi connectivity index (χ4n) is 3.43. The average Bonchev–Trinajstić information content (AvgIpc) is 2.74. The van der Waals surface area contributed by atoms with E-state index in [1.165, 1.54) is 12.1 Å². The van der Waals surface area contributed by atoms with Crippen LogP contribution >= 0.6 is 0 Å². The van der Waals surface area contributed by atoms with Crippen LogP contribution in [0.3, 0.4) is 0 Å². The number of nitrogens with zero attached hydrogens (tertiary/aromatic N) is 3. The van der Waals surface area contributed by atoms with Crippen LogP contribution in [0.5, 0.6) is 0 Å². The Hall–Kier alpha value is -3.38. The van der Waals surface area contributed by atoms with E-state index in [4.69, 9.17) is 0 Å². The van der Waals surface area contributed by atoms with Crippen LogP contribution in [0, 0.1) is 39.3 Å². The lowest BCUT2D eigenvalue weighted by Gasteiger charge is -2.31. The fraction of sp³-hybridized carbons (Fsp3) is 0.350. The fourth-order valence-corrected chi connectivity index (χ4v) is 3.43. The molecule has 0 amide bonds. The first-order valence-corrected chi connectivity index (χ1v) is 9.67. The van der Waals surface area contributed by atoms with E-state index in [9.17, 15) is 40.8 Å². The normalized spacial score (nSPS) is 15.3. The summed E-state index contributed by atoms with van der Waals surface area (Å²) in [4.78, 5) is 12.7. The molecule has 178 valence electrons. The van der Waals surface area contributed by atoms with Crippen molar-refractivity contribution in [2.75, 3.05) is 23.4 Å². The van der Waals surface area contributed by atoms with Crippen LogP contribution in [0.1, 0.15) is 30.9 Å². The van der Waals surface area contributed by atoms with Crippen LogP contribution in [0.25, 0.3) is 0 Å². The van der Waals surface area contributed by atoms with Gasteiger partial charge in [0.1, 0.15) is 16.9 Å². The van der Waals surface area contributed by atoms with Gasteiger partial charge in [0.25, 0.3) is 5.69 Å². The maximum absolute atomic E-state index is 13.9. The number of nitrogens with one attached hydrogen (secondary N) is 1. The summed E-state index contributed by atoms with van der Waals surface area (Å²) in [6.07, 6.45) is -3.07. The zero-order chi connectivity index (χ0) is 24.5. The molecule has 6 nitrogen and oxygen atoms in total. The maximum Gasteiger partial charge on any atom is 0.422 e. The minimum Gasteiger partial charge on any atom is -0.366 e. The van der Waals surface area contributed by atoms with Crippen molar-refractivity contribution >= 4 is 23.3 Å². The van der Waals surface area contributed by atoms with Gasteiger partial charge in [-0.1, -0.05) is 13.0 Å². The van der Waals surface area contributed by atoms with Gasteiger partial charge in [-0.3, -0.25) is 15.5 Å². The second-order valence-corrected chi connectivity index (χ2v) is 7.55. The Morgan fingerprint density at radius 3 is 2.18 bits per heavy atom. The third-order valence-corrected chi connectivity index (χ3v) is 5.26. The second-order valence-electron chi connectivity index (χ2n) is 7.55. The Balaban J connectivity index is 1.86. The van der Waals surface area contributed by atoms with E-state index in [0.29, 0.717) is 24.7 Å². The standard InChI is InChI=1S/C20H17F7N4O2/c1-10-4-6-30(7-5-10)12-3-2-11(8-13(12)31(32)33)9-28-29-19-17(23)15(21)14(20(25,26)27)16(22)18(19)24/h2-3,8-10,29H,4-7H2,1H3/b28-9-. The number of anilines is 2. The lowest BCUT2D eigenvalue weighted by Crippen LogP contribution is -2.33. The number of benzene rings is 2. The molecule has 33 heavy (non-hydrogen) atoms. The van der Waals surface area contributed by atoms with Crippen molar-refractivity contribution < 1.29 is 35.7 Å². The summed E-state index contributed by atoms with van der Waals surface area (Å²) in [5.74, 6) is -9.40. The highest BCUT2D eigenvalue weighted by Crippen LogP contribution is 2.38. The van der Waals surface area contributed by atoms with Crippen molar-refractivity contribution in [2.45, 2.75) is 25.9 Å². The van der Waals surface area contributed by atoms with Gasteiger partial charge in [0.05, 0.1) is 11.1 Å². The Morgan fingerprint density at radius 1 is 1.09 bits per heavy atom. The van der Waals surface area contributed by atoms with Gasteiger partial charge >= 0.3 is 6.18 Å². The molecule has 3 rings (SSSR count). The molecule has 1 fully saturated rings. The number of halogens is 7. The zero-order valence-corrected chi connectivity index (χ0v) is 17.0. The summed E-state index contributed by atoms with van der Waals surface area (Å²) in [6, 6.07) is 4.03. The molecule has 0 aliphatic carbocycles. The van der Waals surface area contributed by atoms with E-state index in [0.717, 1.165) is 25.1 Å². The Bertz CT molecular complexity index is 1070. The topological polar surface area (TPSA) is 70.8 Å². The van der Waals surface area contributed by atoms with Gasteiger partial charge in [0, 0.05) is 24.7 Å². The summed E-state index contributed by atoms with van der Waals surface area (Å²) in [5.41, 5.74) is -2.45. The molecular weight excluding hydrogens is 461 g/mol. The first-order chi connectivity index (χ1) is 15.4. The first kappa shape index (κ1) is 24.3. The molecule has 1 aliphatic rings. The molecule has 1 saturated heterocycles. The van der Waals surface area contributed by atoms with E-state index in [1.54, 1.807) is 5.43 Å². The Kier molecular flexibility index (Phi) is 6.79. The number of piperidine rings is 1. The van der Waals surface area contributed by atoms with Crippen LogP contribution in [-0.2, 0) is 6.18 Å². The lowest BCUT2D eigenvalue weighted by atomic mass is 9.98. The third kappa shape index (κ3) is 5.01. The minimum absolute atomic E-state index is 0.0944. The van der Waals surface area contributed by atoms with Gasteiger partial charge in [-0.05, 0) is 24.8 Å². The van der Waals surface area contributed by atoms with Crippen molar-refractivity contribution in [3.63, 3.8) is 0 Å². The van der Waals surface area contributed by atoms with Gasteiger partial charge < -0.3 is 4.90 Å². The Morgan fingerprint density at radius 2 is 1.67 bits per heavy atom. The monoisotopic (exact) mass is 478 g/mol. The van der Waals surface area contributed by atoms with E-state index in [-0.39, 0.29) is 11.3 Å². The van der Waals surface area contributed by atoms with Crippen molar-refractivity contribution in [3.8, 4) is 0 Å². The van der Waals surface area contributed by atoms with Crippen LogP contribution < -0.4 is 10.3 Å². The number of rotatable bonds is 5. The van der Waals surface area contributed by atoms with Crippen LogP contribution in [0.15, 0.2) is 23.3 Å². The number of alkyl halides is 3. The molecule has 0 radical (unpaired) electrons. The molecular formula is C20H17F7N4O2. The average molecular weight is 478 g/mol. The number of nitro benzene ring substituents is 1. The van der Waals surface area contributed by atoms with Gasteiger partial charge in [-0.15, -0.1) is 0 Å². The summed E-state index contributed by atoms with van der Waals surface area (Å²) < 4.78 is 93.1. The van der Waals surface area contributed by atoms with E-state index >= 15 is 0 Å². The molecule has 0 unspecified atom stereocenters. The molecule has 1 N–H and O–H groups in total. The van der Waals surface area contributed by atoms with Crippen molar-refractivity contribution in [2.24, 2.45) is 11.0 Å². The molecule has 0 aromatic heterocycles. The summed E-state index contributed by atoms with van der Waals surface area (Å²) in [6.45, 7) is 3.33. The molecule has 0 atom stereocenters. The molecule has 0 spiro atoms.